The van der Waals surface area contributed by atoms with Crippen LogP contribution in [-0.2, 0) is 4.79 Å². The Labute approximate surface area is 55.4 Å². The summed E-state index contributed by atoms with van der Waals surface area (Å²) in [4.78, 5) is 10.7. The summed E-state index contributed by atoms with van der Waals surface area (Å²) in [6.45, 7) is 2.23. The van der Waals surface area contributed by atoms with E-state index in [1.807, 2.05) is 0 Å². The third-order valence-electron chi connectivity index (χ3n) is 2.91. The maximum absolute atomic E-state index is 10.7. The van der Waals surface area contributed by atoms with Gasteiger partial charge in [0.25, 0.3) is 0 Å². The number of hydrogen-bond donors (Lipinski definition) is 0. The molecule has 50 valence electrons. The second-order valence-electron chi connectivity index (χ2n) is 3.35. The Morgan fingerprint density at radius 3 is 2.44 bits per heavy atom. The van der Waals surface area contributed by atoms with Crippen molar-refractivity contribution in [3.8, 4) is 0 Å². The first-order valence-corrected chi connectivity index (χ1v) is 3.84. The predicted octanol–water partition coefficient (Wildman–Crippen LogP) is 1.62. The van der Waals surface area contributed by atoms with Crippen molar-refractivity contribution in [3.05, 3.63) is 0 Å². The van der Waals surface area contributed by atoms with Gasteiger partial charge in [-0.25, -0.2) is 0 Å². The zero-order valence-electron chi connectivity index (χ0n) is 5.76. The van der Waals surface area contributed by atoms with Crippen molar-refractivity contribution in [3.63, 3.8) is 0 Å². The van der Waals surface area contributed by atoms with Gasteiger partial charge in [-0.05, 0) is 17.8 Å². The molecule has 2 unspecified atom stereocenters. The van der Waals surface area contributed by atoms with E-state index in [-0.39, 0.29) is 0 Å². The summed E-state index contributed by atoms with van der Waals surface area (Å²) < 4.78 is 0. The summed E-state index contributed by atoms with van der Waals surface area (Å²) in [5.41, 5.74) is 0. The van der Waals surface area contributed by atoms with Gasteiger partial charge in [-0.3, -0.25) is 4.79 Å². The fourth-order valence-corrected chi connectivity index (χ4v) is 2.34. The van der Waals surface area contributed by atoms with Crippen molar-refractivity contribution >= 4 is 5.78 Å². The largest absolute Gasteiger partial charge is 0.300 e. The minimum absolute atomic E-state index is 0.509. The molecular weight excluding hydrogens is 112 g/mol. The van der Waals surface area contributed by atoms with Crippen LogP contribution in [-0.4, -0.2) is 5.78 Å². The van der Waals surface area contributed by atoms with E-state index in [2.05, 4.69) is 6.92 Å². The van der Waals surface area contributed by atoms with Crippen LogP contribution in [0.15, 0.2) is 0 Å². The lowest BCUT2D eigenvalue weighted by atomic mass is 10.1. The SMILES string of the molecule is CCC1C2CC(=O)CC12. The summed E-state index contributed by atoms with van der Waals surface area (Å²) >= 11 is 0. The monoisotopic (exact) mass is 124 g/mol. The Morgan fingerprint density at radius 2 is 2.00 bits per heavy atom. The van der Waals surface area contributed by atoms with Crippen LogP contribution in [0, 0.1) is 17.8 Å². The predicted molar refractivity (Wildman–Crippen MR) is 35.0 cm³/mol. The summed E-state index contributed by atoms with van der Waals surface area (Å²) in [5, 5.41) is 0. The van der Waals surface area contributed by atoms with Crippen LogP contribution in [0.5, 0.6) is 0 Å². The molecule has 0 aromatic heterocycles. The highest BCUT2D eigenvalue weighted by molar-refractivity contribution is 5.82. The van der Waals surface area contributed by atoms with Gasteiger partial charge in [0.05, 0.1) is 0 Å². The van der Waals surface area contributed by atoms with E-state index in [9.17, 15) is 4.79 Å². The van der Waals surface area contributed by atoms with Crippen molar-refractivity contribution in [1.82, 2.24) is 0 Å². The van der Waals surface area contributed by atoms with Crippen molar-refractivity contribution < 1.29 is 4.79 Å². The van der Waals surface area contributed by atoms with Gasteiger partial charge < -0.3 is 0 Å². The molecule has 0 amide bonds. The first-order chi connectivity index (χ1) is 4.33. The van der Waals surface area contributed by atoms with E-state index >= 15 is 0 Å². The van der Waals surface area contributed by atoms with E-state index in [0.29, 0.717) is 5.78 Å². The van der Waals surface area contributed by atoms with E-state index < -0.39 is 0 Å². The first kappa shape index (κ1) is 5.45. The summed E-state index contributed by atoms with van der Waals surface area (Å²) in [6, 6.07) is 0. The minimum Gasteiger partial charge on any atom is -0.300 e. The number of hydrogen-bond acceptors (Lipinski definition) is 1. The number of carbonyl (C=O) groups is 1. The van der Waals surface area contributed by atoms with Crippen LogP contribution in [0.3, 0.4) is 0 Å². The Balaban J connectivity index is 1.98. The highest BCUT2D eigenvalue weighted by Gasteiger charge is 2.54. The molecule has 2 saturated carbocycles. The number of ketones is 1. The molecule has 0 aliphatic heterocycles. The van der Waals surface area contributed by atoms with E-state index in [1.165, 1.54) is 6.42 Å². The molecule has 2 atom stereocenters. The zero-order valence-corrected chi connectivity index (χ0v) is 5.76. The molecular formula is C8H12O. The zero-order chi connectivity index (χ0) is 6.43. The molecule has 2 aliphatic carbocycles. The van der Waals surface area contributed by atoms with Crippen LogP contribution < -0.4 is 0 Å². The van der Waals surface area contributed by atoms with E-state index in [0.717, 1.165) is 30.6 Å². The molecule has 0 aromatic rings. The van der Waals surface area contributed by atoms with Gasteiger partial charge in [0.2, 0.25) is 0 Å². The molecule has 2 fully saturated rings. The molecule has 0 radical (unpaired) electrons. The third-order valence-corrected chi connectivity index (χ3v) is 2.91. The fourth-order valence-electron chi connectivity index (χ4n) is 2.34. The van der Waals surface area contributed by atoms with Crippen molar-refractivity contribution in [2.45, 2.75) is 26.2 Å². The fraction of sp³-hybridized carbons (Fsp3) is 0.875. The Kier molecular flexibility index (Phi) is 0.961. The molecule has 1 nitrogen and oxygen atoms in total. The van der Waals surface area contributed by atoms with E-state index in [4.69, 9.17) is 0 Å². The van der Waals surface area contributed by atoms with Gasteiger partial charge in [0.15, 0.2) is 0 Å². The lowest BCUT2D eigenvalue weighted by Gasteiger charge is -1.94. The van der Waals surface area contributed by atoms with Gasteiger partial charge in [0, 0.05) is 12.8 Å². The maximum atomic E-state index is 10.7. The second kappa shape index (κ2) is 1.59. The first-order valence-electron chi connectivity index (χ1n) is 3.84. The van der Waals surface area contributed by atoms with E-state index in [1.54, 1.807) is 0 Å². The van der Waals surface area contributed by atoms with Gasteiger partial charge in [-0.15, -0.1) is 0 Å². The second-order valence-corrected chi connectivity index (χ2v) is 3.35. The van der Waals surface area contributed by atoms with Crippen molar-refractivity contribution in [1.29, 1.82) is 0 Å². The summed E-state index contributed by atoms with van der Waals surface area (Å²) in [7, 11) is 0. The molecule has 2 rings (SSSR count). The molecule has 0 heterocycles. The topological polar surface area (TPSA) is 17.1 Å². The molecule has 2 aliphatic rings. The maximum Gasteiger partial charge on any atom is 0.133 e. The van der Waals surface area contributed by atoms with Gasteiger partial charge in [0.1, 0.15) is 5.78 Å². The van der Waals surface area contributed by atoms with Crippen LogP contribution in [0.1, 0.15) is 26.2 Å². The van der Waals surface area contributed by atoms with Crippen LogP contribution >= 0.6 is 0 Å². The minimum atomic E-state index is 0.509. The summed E-state index contributed by atoms with van der Waals surface area (Å²) in [5.74, 6) is 3.09. The molecule has 1 heteroatoms. The molecule has 0 N–H and O–H groups in total. The van der Waals surface area contributed by atoms with Crippen molar-refractivity contribution in [2.24, 2.45) is 17.8 Å². The summed E-state index contributed by atoms with van der Waals surface area (Å²) in [6.07, 6.45) is 3.11. The molecule has 9 heavy (non-hydrogen) atoms. The number of Topliss-reactive ketones (excluding diaryl/α,β-unsaturated/α-hetero) is 1. The quantitative estimate of drug-likeness (QED) is 0.519. The molecule has 0 aromatic carbocycles. The lowest BCUT2D eigenvalue weighted by molar-refractivity contribution is -0.118. The number of carbonyl (C=O) groups excluding carboxylic acids is 1. The van der Waals surface area contributed by atoms with Crippen LogP contribution in [0.25, 0.3) is 0 Å². The van der Waals surface area contributed by atoms with Gasteiger partial charge in [-0.1, -0.05) is 13.3 Å². The standard InChI is InChI=1S/C8H12O/c1-2-6-7-3-5(9)4-8(6)7/h6-8H,2-4H2,1H3. The molecule has 0 bridgehead atoms. The molecule has 0 spiro atoms. The average Bonchev–Trinajstić information content (AvgIpc) is 2.30. The van der Waals surface area contributed by atoms with Gasteiger partial charge >= 0.3 is 0 Å². The smallest absolute Gasteiger partial charge is 0.133 e. The Morgan fingerprint density at radius 1 is 1.44 bits per heavy atom. The number of fused-ring (bicyclic) bond motifs is 1. The highest BCUT2D eigenvalue weighted by atomic mass is 16.1. The third kappa shape index (κ3) is 0.637. The number of rotatable bonds is 1. The Bertz CT molecular complexity index is 137. The van der Waals surface area contributed by atoms with Crippen LogP contribution in [0.4, 0.5) is 0 Å². The normalized spacial score (nSPS) is 47.2. The van der Waals surface area contributed by atoms with Crippen LogP contribution in [0.2, 0.25) is 0 Å². The van der Waals surface area contributed by atoms with Gasteiger partial charge in [-0.2, -0.15) is 0 Å². The molecule has 0 saturated heterocycles. The van der Waals surface area contributed by atoms with Crippen molar-refractivity contribution in [2.75, 3.05) is 0 Å². The lowest BCUT2D eigenvalue weighted by Crippen LogP contribution is -1.96. The average molecular weight is 124 g/mol. The highest BCUT2D eigenvalue weighted by Crippen LogP contribution is 2.57. The Hall–Kier alpha value is -0.330.